The first-order valence-electron chi connectivity index (χ1n) is 5.14. The molecule has 0 bridgehead atoms. The average Bonchev–Trinajstić information content (AvgIpc) is 2.14. The Hall–Kier alpha value is -0.393. The highest BCUT2D eigenvalue weighted by atomic mass is 28.3. The van der Waals surface area contributed by atoms with E-state index in [1.807, 2.05) is 0 Å². The first kappa shape index (κ1) is 14.6. The normalized spacial score (nSPS) is 13.7. The number of esters is 1. The Morgan fingerprint density at radius 3 is 2.40 bits per heavy atom. The Morgan fingerprint density at radius 1 is 1.33 bits per heavy atom. The van der Waals surface area contributed by atoms with Crippen molar-refractivity contribution in [3.05, 3.63) is 0 Å². The van der Waals surface area contributed by atoms with Crippen LogP contribution in [0.3, 0.4) is 0 Å². The Labute approximate surface area is 92.9 Å². The van der Waals surface area contributed by atoms with E-state index in [1.165, 1.54) is 7.11 Å². The molecule has 0 aliphatic rings. The molecule has 0 aromatic heterocycles. The van der Waals surface area contributed by atoms with Gasteiger partial charge in [-0.15, -0.1) is 0 Å². The van der Waals surface area contributed by atoms with Crippen LogP contribution in [0.5, 0.6) is 0 Å². The van der Waals surface area contributed by atoms with Crippen molar-refractivity contribution >= 4 is 14.0 Å². The van der Waals surface area contributed by atoms with Crippen LogP contribution in [0.25, 0.3) is 0 Å². The highest BCUT2D eigenvalue weighted by Crippen LogP contribution is 2.07. The zero-order valence-corrected chi connectivity index (χ0v) is 11.3. The minimum absolute atomic E-state index is 0.154. The Kier molecular flexibility index (Phi) is 6.79. The van der Waals surface area contributed by atoms with Gasteiger partial charge in [-0.2, -0.15) is 0 Å². The lowest BCUT2D eigenvalue weighted by molar-refractivity contribution is -0.161. The molecular formula is C10H22O4Si. The zero-order valence-electron chi connectivity index (χ0n) is 10.3. The van der Waals surface area contributed by atoms with Gasteiger partial charge in [-0.25, -0.2) is 4.79 Å². The van der Waals surface area contributed by atoms with E-state index in [0.717, 1.165) is 6.04 Å². The maximum absolute atomic E-state index is 10.9. The molecule has 0 saturated heterocycles. The second-order valence-corrected chi connectivity index (χ2v) is 10.3. The van der Waals surface area contributed by atoms with Crippen LogP contribution in [0.4, 0.5) is 0 Å². The number of ether oxygens (including phenoxy) is 3. The molecular weight excluding hydrogens is 212 g/mol. The fraction of sp³-hybridized carbons (Fsp3) is 0.900. The van der Waals surface area contributed by atoms with Gasteiger partial charge in [0.1, 0.15) is 6.79 Å². The predicted octanol–water partition coefficient (Wildman–Crippen LogP) is 1.88. The van der Waals surface area contributed by atoms with E-state index < -0.39 is 14.2 Å². The average molecular weight is 234 g/mol. The van der Waals surface area contributed by atoms with E-state index in [9.17, 15) is 4.79 Å². The molecule has 5 heteroatoms. The molecule has 0 fully saturated rings. The number of rotatable bonds is 7. The molecule has 0 heterocycles. The largest absolute Gasteiger partial charge is 0.467 e. The summed E-state index contributed by atoms with van der Waals surface area (Å²) in [6.07, 6.45) is -0.554. The summed E-state index contributed by atoms with van der Waals surface area (Å²) >= 11 is 0. The third kappa shape index (κ3) is 8.59. The van der Waals surface area contributed by atoms with Crippen LogP contribution in [-0.4, -0.2) is 40.7 Å². The minimum Gasteiger partial charge on any atom is -0.467 e. The molecule has 90 valence electrons. The first-order chi connectivity index (χ1) is 6.87. The van der Waals surface area contributed by atoms with Crippen LogP contribution >= 0.6 is 0 Å². The number of carbonyl (C=O) groups excluding carboxylic acids is 1. The lowest BCUT2D eigenvalue weighted by Crippen LogP contribution is -2.25. The van der Waals surface area contributed by atoms with Crippen LogP contribution in [0.2, 0.25) is 25.7 Å². The third-order valence-corrected chi connectivity index (χ3v) is 3.64. The molecule has 0 amide bonds. The molecule has 0 aromatic rings. The molecule has 0 aromatic carbocycles. The molecule has 0 aliphatic heterocycles. The second kappa shape index (κ2) is 6.98. The van der Waals surface area contributed by atoms with Crippen molar-refractivity contribution in [2.24, 2.45) is 0 Å². The van der Waals surface area contributed by atoms with Crippen molar-refractivity contribution in [2.45, 2.75) is 38.7 Å². The molecule has 0 spiro atoms. The van der Waals surface area contributed by atoms with Crippen molar-refractivity contribution in [3.8, 4) is 0 Å². The summed E-state index contributed by atoms with van der Waals surface area (Å²) < 4.78 is 14.9. The van der Waals surface area contributed by atoms with Gasteiger partial charge in [0.25, 0.3) is 0 Å². The summed E-state index contributed by atoms with van der Waals surface area (Å²) in [5.41, 5.74) is 0. The van der Waals surface area contributed by atoms with Gasteiger partial charge in [0.15, 0.2) is 6.10 Å². The summed E-state index contributed by atoms with van der Waals surface area (Å²) in [7, 11) is 0.306. The molecule has 0 saturated carbocycles. The summed E-state index contributed by atoms with van der Waals surface area (Å²) in [5, 5.41) is 0. The molecule has 0 radical (unpaired) electrons. The molecule has 0 unspecified atom stereocenters. The molecule has 0 aliphatic carbocycles. The van der Waals surface area contributed by atoms with Crippen LogP contribution in [-0.2, 0) is 19.0 Å². The summed E-state index contributed by atoms with van der Waals surface area (Å²) in [4.78, 5) is 10.9. The topological polar surface area (TPSA) is 44.8 Å². The number of carbonyl (C=O) groups is 1. The van der Waals surface area contributed by atoms with E-state index in [1.54, 1.807) is 6.92 Å². The quantitative estimate of drug-likeness (QED) is 0.292. The van der Waals surface area contributed by atoms with Crippen LogP contribution < -0.4 is 0 Å². The SMILES string of the molecule is COC(=O)[C@H](C)OCOCC[Si](C)(C)C. The number of methoxy groups -OCH3 is 1. The minimum atomic E-state index is -1.04. The van der Waals surface area contributed by atoms with Gasteiger partial charge in [-0.1, -0.05) is 19.6 Å². The van der Waals surface area contributed by atoms with Gasteiger partial charge in [-0.05, 0) is 13.0 Å². The molecule has 15 heavy (non-hydrogen) atoms. The fourth-order valence-electron chi connectivity index (χ4n) is 0.821. The van der Waals surface area contributed by atoms with E-state index in [2.05, 4.69) is 24.4 Å². The number of hydrogen-bond acceptors (Lipinski definition) is 4. The third-order valence-electron chi connectivity index (χ3n) is 1.93. The number of hydrogen-bond donors (Lipinski definition) is 0. The Morgan fingerprint density at radius 2 is 1.93 bits per heavy atom. The fourth-order valence-corrected chi connectivity index (χ4v) is 1.58. The van der Waals surface area contributed by atoms with Crippen LogP contribution in [0.15, 0.2) is 0 Å². The van der Waals surface area contributed by atoms with Crippen molar-refractivity contribution in [1.29, 1.82) is 0 Å². The molecule has 0 rings (SSSR count). The second-order valence-electron chi connectivity index (χ2n) is 4.67. The smallest absolute Gasteiger partial charge is 0.334 e. The maximum Gasteiger partial charge on any atom is 0.334 e. The summed E-state index contributed by atoms with van der Waals surface area (Å²) in [5.74, 6) is -0.371. The van der Waals surface area contributed by atoms with Gasteiger partial charge in [0.05, 0.1) is 7.11 Å². The van der Waals surface area contributed by atoms with Gasteiger partial charge in [0, 0.05) is 14.7 Å². The van der Waals surface area contributed by atoms with Crippen molar-refractivity contribution < 1.29 is 19.0 Å². The zero-order chi connectivity index (χ0) is 11.9. The van der Waals surface area contributed by atoms with Crippen LogP contribution in [0.1, 0.15) is 6.92 Å². The van der Waals surface area contributed by atoms with Crippen molar-refractivity contribution in [1.82, 2.24) is 0 Å². The highest BCUT2D eigenvalue weighted by molar-refractivity contribution is 6.76. The molecule has 1 atom stereocenters. The van der Waals surface area contributed by atoms with Gasteiger partial charge >= 0.3 is 5.97 Å². The van der Waals surface area contributed by atoms with Gasteiger partial charge in [-0.3, -0.25) is 0 Å². The highest BCUT2D eigenvalue weighted by Gasteiger charge is 2.14. The Balaban J connectivity index is 3.43. The lowest BCUT2D eigenvalue weighted by Gasteiger charge is -2.16. The van der Waals surface area contributed by atoms with E-state index >= 15 is 0 Å². The van der Waals surface area contributed by atoms with E-state index in [4.69, 9.17) is 9.47 Å². The van der Waals surface area contributed by atoms with Gasteiger partial charge < -0.3 is 14.2 Å². The summed E-state index contributed by atoms with van der Waals surface area (Å²) in [6.45, 7) is 9.36. The summed E-state index contributed by atoms with van der Waals surface area (Å²) in [6, 6.07) is 1.10. The lowest BCUT2D eigenvalue weighted by atomic mass is 10.4. The van der Waals surface area contributed by atoms with Crippen molar-refractivity contribution in [3.63, 3.8) is 0 Å². The Bertz CT molecular complexity index is 188. The monoisotopic (exact) mass is 234 g/mol. The maximum atomic E-state index is 10.9. The van der Waals surface area contributed by atoms with E-state index in [0.29, 0.717) is 6.61 Å². The van der Waals surface area contributed by atoms with Crippen LogP contribution in [0, 0.1) is 0 Å². The van der Waals surface area contributed by atoms with Crippen molar-refractivity contribution in [2.75, 3.05) is 20.5 Å². The standard InChI is InChI=1S/C10H22O4Si/c1-9(10(11)12-2)14-8-13-6-7-15(3,4)5/h9H,6-8H2,1-5H3/t9-/m0/s1. The van der Waals surface area contributed by atoms with E-state index in [-0.39, 0.29) is 12.8 Å². The predicted molar refractivity (Wildman–Crippen MR) is 61.5 cm³/mol. The van der Waals surface area contributed by atoms with Gasteiger partial charge in [0.2, 0.25) is 0 Å². The molecule has 4 nitrogen and oxygen atoms in total. The first-order valence-corrected chi connectivity index (χ1v) is 8.84. The molecule has 0 N–H and O–H groups in total.